The third-order valence-corrected chi connectivity index (χ3v) is 4.31. The highest BCUT2D eigenvalue weighted by Crippen LogP contribution is 2.30. The van der Waals surface area contributed by atoms with Gasteiger partial charge in [0.1, 0.15) is 0 Å². The zero-order chi connectivity index (χ0) is 14.8. The van der Waals surface area contributed by atoms with E-state index in [4.69, 9.17) is 4.74 Å². The Bertz CT molecular complexity index is 526. The zero-order valence-electron chi connectivity index (χ0n) is 12.4. The summed E-state index contributed by atoms with van der Waals surface area (Å²) in [6.45, 7) is 6.09. The summed E-state index contributed by atoms with van der Waals surface area (Å²) in [6, 6.07) is 6.24. The number of amides is 1. The van der Waals surface area contributed by atoms with Gasteiger partial charge in [-0.2, -0.15) is 0 Å². The first-order valence-corrected chi connectivity index (χ1v) is 7.53. The number of aryl methyl sites for hydroxylation is 1. The number of hydrogen-bond acceptors (Lipinski definition) is 4. The zero-order valence-corrected chi connectivity index (χ0v) is 12.4. The fraction of sp³-hybridized carbons (Fsp3) is 0.562. The van der Waals surface area contributed by atoms with Crippen molar-refractivity contribution < 1.29 is 14.6 Å². The molecule has 0 aliphatic carbocycles. The molecule has 21 heavy (non-hydrogen) atoms. The summed E-state index contributed by atoms with van der Waals surface area (Å²) in [7, 11) is 0. The Morgan fingerprint density at radius 3 is 2.71 bits per heavy atom. The van der Waals surface area contributed by atoms with Gasteiger partial charge in [-0.05, 0) is 30.7 Å². The number of morpholine rings is 1. The lowest BCUT2D eigenvalue weighted by molar-refractivity contribution is -0.117. The first kappa shape index (κ1) is 14.4. The van der Waals surface area contributed by atoms with Gasteiger partial charge in [-0.15, -0.1) is 0 Å². The van der Waals surface area contributed by atoms with Crippen molar-refractivity contribution in [2.24, 2.45) is 5.92 Å². The van der Waals surface area contributed by atoms with Crippen LogP contribution < -0.4 is 9.80 Å². The van der Waals surface area contributed by atoms with Gasteiger partial charge in [0.2, 0.25) is 5.91 Å². The highest BCUT2D eigenvalue weighted by Gasteiger charge is 2.30. The molecule has 5 nitrogen and oxygen atoms in total. The molecule has 5 heteroatoms. The van der Waals surface area contributed by atoms with Crippen LogP contribution in [0.5, 0.6) is 0 Å². The van der Waals surface area contributed by atoms with Crippen molar-refractivity contribution in [1.29, 1.82) is 0 Å². The predicted molar refractivity (Wildman–Crippen MR) is 81.8 cm³/mol. The van der Waals surface area contributed by atoms with Crippen molar-refractivity contribution in [3.8, 4) is 0 Å². The Hall–Kier alpha value is -1.59. The van der Waals surface area contributed by atoms with Gasteiger partial charge in [-0.25, -0.2) is 0 Å². The van der Waals surface area contributed by atoms with E-state index in [1.807, 2.05) is 13.0 Å². The molecule has 2 aliphatic heterocycles. The van der Waals surface area contributed by atoms with E-state index in [9.17, 15) is 9.90 Å². The third kappa shape index (κ3) is 2.89. The molecule has 1 atom stereocenters. The topological polar surface area (TPSA) is 53.0 Å². The Morgan fingerprint density at radius 2 is 2.10 bits per heavy atom. The molecule has 0 aromatic heterocycles. The average Bonchev–Trinajstić information content (AvgIpc) is 2.89. The van der Waals surface area contributed by atoms with Crippen LogP contribution in [0.1, 0.15) is 12.0 Å². The summed E-state index contributed by atoms with van der Waals surface area (Å²) in [5.74, 6) is 0.173. The minimum Gasteiger partial charge on any atom is -0.396 e. The molecule has 3 rings (SSSR count). The number of benzene rings is 1. The summed E-state index contributed by atoms with van der Waals surface area (Å²) in [6.07, 6.45) is 0.446. The first-order chi connectivity index (χ1) is 10.2. The molecule has 1 amide bonds. The monoisotopic (exact) mass is 290 g/mol. The summed E-state index contributed by atoms with van der Waals surface area (Å²) in [4.78, 5) is 16.2. The van der Waals surface area contributed by atoms with Crippen molar-refractivity contribution in [2.75, 3.05) is 49.3 Å². The van der Waals surface area contributed by atoms with E-state index in [0.717, 1.165) is 37.6 Å². The summed E-state index contributed by atoms with van der Waals surface area (Å²) in [5, 5.41) is 9.23. The number of carbonyl (C=O) groups excluding carboxylic acids is 1. The summed E-state index contributed by atoms with van der Waals surface area (Å²) in [5.41, 5.74) is 3.25. The Labute approximate surface area is 125 Å². The van der Waals surface area contributed by atoms with Crippen molar-refractivity contribution in [3.63, 3.8) is 0 Å². The number of aliphatic hydroxyl groups is 1. The molecule has 1 N–H and O–H groups in total. The van der Waals surface area contributed by atoms with Gasteiger partial charge in [-0.1, -0.05) is 0 Å². The molecule has 0 spiro atoms. The summed E-state index contributed by atoms with van der Waals surface area (Å²) < 4.78 is 5.38. The lowest BCUT2D eigenvalue weighted by atomic mass is 10.1. The van der Waals surface area contributed by atoms with Crippen LogP contribution in [-0.2, 0) is 9.53 Å². The van der Waals surface area contributed by atoms with Crippen LogP contribution in [0.2, 0.25) is 0 Å². The van der Waals surface area contributed by atoms with E-state index < -0.39 is 0 Å². The van der Waals surface area contributed by atoms with E-state index in [2.05, 4.69) is 17.0 Å². The fourth-order valence-electron chi connectivity index (χ4n) is 3.10. The molecular weight excluding hydrogens is 268 g/mol. The average molecular weight is 290 g/mol. The third-order valence-electron chi connectivity index (χ3n) is 4.31. The lowest BCUT2D eigenvalue weighted by Crippen LogP contribution is -2.36. The molecule has 0 radical (unpaired) electrons. The SMILES string of the molecule is Cc1cc(N2CCOCC2)ccc1N1CC(CO)CC1=O. The largest absolute Gasteiger partial charge is 0.396 e. The normalized spacial score (nSPS) is 23.0. The van der Waals surface area contributed by atoms with Gasteiger partial charge in [0.05, 0.1) is 13.2 Å². The molecule has 2 heterocycles. The van der Waals surface area contributed by atoms with Gasteiger partial charge >= 0.3 is 0 Å². The van der Waals surface area contributed by atoms with Crippen LogP contribution in [0.3, 0.4) is 0 Å². The maximum Gasteiger partial charge on any atom is 0.227 e. The van der Waals surface area contributed by atoms with E-state index in [-0.39, 0.29) is 18.4 Å². The quantitative estimate of drug-likeness (QED) is 0.908. The fourth-order valence-corrected chi connectivity index (χ4v) is 3.10. The minimum atomic E-state index is 0.0656. The van der Waals surface area contributed by atoms with Crippen LogP contribution in [-0.4, -0.2) is 50.5 Å². The van der Waals surface area contributed by atoms with E-state index >= 15 is 0 Å². The Kier molecular flexibility index (Phi) is 4.12. The highest BCUT2D eigenvalue weighted by atomic mass is 16.5. The second kappa shape index (κ2) is 6.03. The van der Waals surface area contributed by atoms with Gasteiger partial charge in [0.25, 0.3) is 0 Å². The standard InChI is InChI=1S/C16H22N2O3/c1-12-8-14(17-4-6-21-7-5-17)2-3-15(12)18-10-13(11-19)9-16(18)20/h2-3,8,13,19H,4-7,9-11H2,1H3. The summed E-state index contributed by atoms with van der Waals surface area (Å²) >= 11 is 0. The minimum absolute atomic E-state index is 0.0656. The molecule has 0 bridgehead atoms. The maximum absolute atomic E-state index is 12.1. The molecular formula is C16H22N2O3. The maximum atomic E-state index is 12.1. The number of anilines is 2. The van der Waals surface area contributed by atoms with Crippen LogP contribution in [0.15, 0.2) is 18.2 Å². The molecule has 2 fully saturated rings. The van der Waals surface area contributed by atoms with E-state index in [0.29, 0.717) is 13.0 Å². The molecule has 1 unspecified atom stereocenters. The first-order valence-electron chi connectivity index (χ1n) is 7.53. The van der Waals surface area contributed by atoms with Crippen LogP contribution >= 0.6 is 0 Å². The second-order valence-corrected chi connectivity index (χ2v) is 5.83. The number of carbonyl (C=O) groups is 1. The second-order valence-electron chi connectivity index (χ2n) is 5.83. The number of rotatable bonds is 3. The van der Waals surface area contributed by atoms with Crippen molar-refractivity contribution in [1.82, 2.24) is 0 Å². The molecule has 2 aliphatic rings. The van der Waals surface area contributed by atoms with Crippen molar-refractivity contribution >= 4 is 17.3 Å². The molecule has 2 saturated heterocycles. The van der Waals surface area contributed by atoms with E-state index in [1.54, 1.807) is 4.90 Å². The van der Waals surface area contributed by atoms with Crippen LogP contribution in [0.25, 0.3) is 0 Å². The molecule has 0 saturated carbocycles. The Balaban J connectivity index is 1.79. The van der Waals surface area contributed by atoms with Gasteiger partial charge in [0.15, 0.2) is 0 Å². The predicted octanol–water partition coefficient (Wildman–Crippen LogP) is 1.18. The van der Waals surface area contributed by atoms with E-state index in [1.165, 1.54) is 5.69 Å². The van der Waals surface area contributed by atoms with Gasteiger partial charge < -0.3 is 19.6 Å². The molecule has 1 aromatic rings. The van der Waals surface area contributed by atoms with Crippen LogP contribution in [0, 0.1) is 12.8 Å². The Morgan fingerprint density at radius 1 is 1.33 bits per heavy atom. The highest BCUT2D eigenvalue weighted by molar-refractivity contribution is 5.96. The number of ether oxygens (including phenoxy) is 1. The number of hydrogen-bond donors (Lipinski definition) is 1. The lowest BCUT2D eigenvalue weighted by Gasteiger charge is -2.30. The smallest absolute Gasteiger partial charge is 0.227 e. The molecule has 1 aromatic carbocycles. The van der Waals surface area contributed by atoms with Crippen molar-refractivity contribution in [2.45, 2.75) is 13.3 Å². The van der Waals surface area contributed by atoms with Gasteiger partial charge in [-0.3, -0.25) is 4.79 Å². The molecule has 114 valence electrons. The number of nitrogens with zero attached hydrogens (tertiary/aromatic N) is 2. The van der Waals surface area contributed by atoms with Gasteiger partial charge in [0, 0.05) is 50.0 Å². The van der Waals surface area contributed by atoms with Crippen molar-refractivity contribution in [3.05, 3.63) is 23.8 Å². The van der Waals surface area contributed by atoms with Crippen LogP contribution in [0.4, 0.5) is 11.4 Å². The number of aliphatic hydroxyl groups excluding tert-OH is 1.